The molecule has 0 radical (unpaired) electrons. The van der Waals surface area contributed by atoms with Gasteiger partial charge in [-0.25, -0.2) is 0 Å². The molecule has 0 saturated carbocycles. The van der Waals surface area contributed by atoms with Crippen molar-refractivity contribution in [1.82, 2.24) is 15.2 Å². The van der Waals surface area contributed by atoms with Crippen molar-refractivity contribution in [1.29, 1.82) is 0 Å². The molecule has 0 atom stereocenters. The standard InChI is InChI=1S/C21H25N5O2/c1-15(2)18-6-4-5-7-19(18)24-20-14-23-26-21(25-20)22-12-13-28-17-10-8-16(27-3)9-11-17/h4-11,14-15H,12-13H2,1-3H3,(H2,22,24,25,26). The Hall–Kier alpha value is -3.35. The van der Waals surface area contributed by atoms with Crippen LogP contribution >= 0.6 is 0 Å². The molecule has 0 aliphatic heterocycles. The van der Waals surface area contributed by atoms with Crippen LogP contribution in [0.4, 0.5) is 17.5 Å². The molecule has 0 aliphatic carbocycles. The molecule has 0 fully saturated rings. The summed E-state index contributed by atoms with van der Waals surface area (Å²) in [5, 5.41) is 14.5. The van der Waals surface area contributed by atoms with Gasteiger partial charge in [0.05, 0.1) is 19.9 Å². The number of ether oxygens (including phenoxy) is 2. The van der Waals surface area contributed by atoms with Crippen LogP contribution in [0.3, 0.4) is 0 Å². The molecular weight excluding hydrogens is 354 g/mol. The molecule has 7 nitrogen and oxygen atoms in total. The third-order valence-electron chi connectivity index (χ3n) is 4.12. The number of para-hydroxylation sites is 1. The second-order valence-electron chi connectivity index (χ2n) is 6.48. The number of benzene rings is 2. The monoisotopic (exact) mass is 379 g/mol. The van der Waals surface area contributed by atoms with E-state index in [4.69, 9.17) is 9.47 Å². The fourth-order valence-corrected chi connectivity index (χ4v) is 2.69. The van der Waals surface area contributed by atoms with Gasteiger partial charge < -0.3 is 20.1 Å². The summed E-state index contributed by atoms with van der Waals surface area (Å²) in [7, 11) is 1.64. The van der Waals surface area contributed by atoms with Gasteiger partial charge in [0.2, 0.25) is 5.95 Å². The summed E-state index contributed by atoms with van der Waals surface area (Å²) in [6.45, 7) is 5.35. The van der Waals surface area contributed by atoms with Gasteiger partial charge in [0.1, 0.15) is 18.1 Å². The van der Waals surface area contributed by atoms with Crippen molar-refractivity contribution in [3.63, 3.8) is 0 Å². The lowest BCUT2D eigenvalue weighted by molar-refractivity contribution is 0.331. The highest BCUT2D eigenvalue weighted by molar-refractivity contribution is 5.61. The molecule has 1 aromatic heterocycles. The normalized spacial score (nSPS) is 10.6. The Morgan fingerprint density at radius 1 is 1.00 bits per heavy atom. The van der Waals surface area contributed by atoms with E-state index in [1.807, 2.05) is 42.5 Å². The Labute approximate surface area is 165 Å². The number of hydrogen-bond acceptors (Lipinski definition) is 7. The quantitative estimate of drug-likeness (QED) is 0.538. The Morgan fingerprint density at radius 2 is 1.75 bits per heavy atom. The zero-order valence-electron chi connectivity index (χ0n) is 16.3. The summed E-state index contributed by atoms with van der Waals surface area (Å²) < 4.78 is 10.8. The summed E-state index contributed by atoms with van der Waals surface area (Å²) in [6, 6.07) is 15.6. The van der Waals surface area contributed by atoms with E-state index >= 15 is 0 Å². The number of nitrogens with zero attached hydrogens (tertiary/aromatic N) is 3. The summed E-state index contributed by atoms with van der Waals surface area (Å²) in [4.78, 5) is 4.47. The second-order valence-corrected chi connectivity index (χ2v) is 6.48. The zero-order chi connectivity index (χ0) is 19.8. The highest BCUT2D eigenvalue weighted by Gasteiger charge is 2.07. The third-order valence-corrected chi connectivity index (χ3v) is 4.12. The van der Waals surface area contributed by atoms with Crippen LogP contribution in [-0.2, 0) is 0 Å². The minimum Gasteiger partial charge on any atom is -0.497 e. The van der Waals surface area contributed by atoms with E-state index in [0.717, 1.165) is 17.2 Å². The Balaban J connectivity index is 1.53. The molecule has 0 aliphatic rings. The maximum absolute atomic E-state index is 5.69. The van der Waals surface area contributed by atoms with Crippen molar-refractivity contribution in [2.24, 2.45) is 0 Å². The van der Waals surface area contributed by atoms with Gasteiger partial charge in [0.25, 0.3) is 0 Å². The first-order valence-electron chi connectivity index (χ1n) is 9.22. The van der Waals surface area contributed by atoms with Gasteiger partial charge in [-0.1, -0.05) is 32.0 Å². The number of aromatic nitrogens is 3. The van der Waals surface area contributed by atoms with Gasteiger partial charge in [0, 0.05) is 5.69 Å². The van der Waals surface area contributed by atoms with Gasteiger partial charge >= 0.3 is 0 Å². The van der Waals surface area contributed by atoms with Gasteiger partial charge in [-0.3, -0.25) is 0 Å². The largest absolute Gasteiger partial charge is 0.497 e. The van der Waals surface area contributed by atoms with Crippen molar-refractivity contribution in [3.8, 4) is 11.5 Å². The van der Waals surface area contributed by atoms with Crippen LogP contribution in [-0.4, -0.2) is 35.4 Å². The predicted molar refractivity (Wildman–Crippen MR) is 111 cm³/mol. The summed E-state index contributed by atoms with van der Waals surface area (Å²) in [5.41, 5.74) is 2.25. The van der Waals surface area contributed by atoms with E-state index in [9.17, 15) is 0 Å². The summed E-state index contributed by atoms with van der Waals surface area (Å²) >= 11 is 0. The van der Waals surface area contributed by atoms with E-state index in [1.54, 1.807) is 13.3 Å². The lowest BCUT2D eigenvalue weighted by Crippen LogP contribution is -2.14. The lowest BCUT2D eigenvalue weighted by Gasteiger charge is -2.14. The molecule has 0 amide bonds. The minimum atomic E-state index is 0.409. The number of methoxy groups -OCH3 is 1. The Bertz CT molecular complexity index is 884. The van der Waals surface area contributed by atoms with E-state index < -0.39 is 0 Å². The molecule has 2 N–H and O–H groups in total. The van der Waals surface area contributed by atoms with Crippen LogP contribution in [0.25, 0.3) is 0 Å². The van der Waals surface area contributed by atoms with Crippen LogP contribution in [0.2, 0.25) is 0 Å². The van der Waals surface area contributed by atoms with Gasteiger partial charge in [-0.05, 0) is 41.8 Å². The predicted octanol–water partition coefficient (Wildman–Crippen LogP) is 4.24. The first-order chi connectivity index (χ1) is 13.7. The molecule has 0 unspecified atom stereocenters. The number of anilines is 3. The van der Waals surface area contributed by atoms with E-state index in [2.05, 4.69) is 45.7 Å². The fraction of sp³-hybridized carbons (Fsp3) is 0.286. The SMILES string of the molecule is COc1ccc(OCCNc2nncc(Nc3ccccc3C(C)C)n2)cc1. The molecule has 0 spiro atoms. The highest BCUT2D eigenvalue weighted by Crippen LogP contribution is 2.26. The summed E-state index contributed by atoms with van der Waals surface area (Å²) in [6.07, 6.45) is 1.61. The number of hydrogen-bond donors (Lipinski definition) is 2. The molecule has 1 heterocycles. The van der Waals surface area contributed by atoms with Crippen LogP contribution in [0.1, 0.15) is 25.3 Å². The number of nitrogens with one attached hydrogen (secondary N) is 2. The molecule has 146 valence electrons. The Morgan fingerprint density at radius 3 is 2.50 bits per heavy atom. The average Bonchev–Trinajstić information content (AvgIpc) is 2.72. The van der Waals surface area contributed by atoms with E-state index in [-0.39, 0.29) is 0 Å². The van der Waals surface area contributed by atoms with E-state index in [0.29, 0.717) is 30.8 Å². The molecule has 3 rings (SSSR count). The Kier molecular flexibility index (Phi) is 6.62. The van der Waals surface area contributed by atoms with Crippen LogP contribution in [0, 0.1) is 0 Å². The van der Waals surface area contributed by atoms with Crippen molar-refractivity contribution in [3.05, 3.63) is 60.3 Å². The van der Waals surface area contributed by atoms with Gasteiger partial charge in [-0.2, -0.15) is 10.1 Å². The molecule has 2 aromatic carbocycles. The smallest absolute Gasteiger partial charge is 0.244 e. The fourth-order valence-electron chi connectivity index (χ4n) is 2.69. The highest BCUT2D eigenvalue weighted by atomic mass is 16.5. The maximum Gasteiger partial charge on any atom is 0.244 e. The first-order valence-corrected chi connectivity index (χ1v) is 9.22. The van der Waals surface area contributed by atoms with Crippen molar-refractivity contribution >= 4 is 17.5 Å². The molecule has 3 aromatic rings. The summed E-state index contributed by atoms with van der Waals surface area (Å²) in [5.74, 6) is 3.08. The van der Waals surface area contributed by atoms with Gasteiger partial charge in [-0.15, -0.1) is 5.10 Å². The lowest BCUT2D eigenvalue weighted by atomic mass is 10.0. The minimum absolute atomic E-state index is 0.409. The maximum atomic E-state index is 5.69. The third kappa shape index (κ3) is 5.33. The molecule has 7 heteroatoms. The second kappa shape index (κ2) is 9.55. The van der Waals surface area contributed by atoms with Crippen LogP contribution in [0.15, 0.2) is 54.7 Å². The van der Waals surface area contributed by atoms with E-state index in [1.165, 1.54) is 5.56 Å². The van der Waals surface area contributed by atoms with Crippen molar-refractivity contribution < 1.29 is 9.47 Å². The topological polar surface area (TPSA) is 81.2 Å². The van der Waals surface area contributed by atoms with Crippen molar-refractivity contribution in [2.75, 3.05) is 30.9 Å². The van der Waals surface area contributed by atoms with Gasteiger partial charge in [0.15, 0.2) is 5.82 Å². The van der Waals surface area contributed by atoms with Crippen LogP contribution < -0.4 is 20.1 Å². The molecule has 0 bridgehead atoms. The van der Waals surface area contributed by atoms with Crippen molar-refractivity contribution in [2.45, 2.75) is 19.8 Å². The average molecular weight is 379 g/mol. The number of rotatable bonds is 9. The molecule has 28 heavy (non-hydrogen) atoms. The van der Waals surface area contributed by atoms with Crippen LogP contribution in [0.5, 0.6) is 11.5 Å². The first kappa shape index (κ1) is 19.4. The zero-order valence-corrected chi connectivity index (χ0v) is 16.3. The molecule has 0 saturated heterocycles. The molecular formula is C21H25N5O2.